The number of hydrogen-bond acceptors (Lipinski definition) is 8. The lowest BCUT2D eigenvalue weighted by Gasteiger charge is -2.09. The number of ether oxygens (including phenoxy) is 3. The molecule has 1 heterocycles. The number of rotatable bonds is 9. The van der Waals surface area contributed by atoms with E-state index >= 15 is 0 Å². The van der Waals surface area contributed by atoms with Crippen molar-refractivity contribution in [2.75, 3.05) is 20.3 Å². The van der Waals surface area contributed by atoms with Gasteiger partial charge in [-0.25, -0.2) is 4.79 Å². The van der Waals surface area contributed by atoms with E-state index in [0.29, 0.717) is 39.0 Å². The van der Waals surface area contributed by atoms with Gasteiger partial charge in [0.2, 0.25) is 0 Å². The van der Waals surface area contributed by atoms with Crippen LogP contribution in [0.2, 0.25) is 0 Å². The van der Waals surface area contributed by atoms with Crippen molar-refractivity contribution in [3.05, 3.63) is 50.2 Å². The molecule has 1 aromatic heterocycles. The van der Waals surface area contributed by atoms with E-state index in [-0.39, 0.29) is 24.2 Å². The molecular weight excluding hydrogens is 416 g/mol. The summed E-state index contributed by atoms with van der Waals surface area (Å²) in [6.45, 7) is 5.82. The van der Waals surface area contributed by atoms with Crippen molar-refractivity contribution in [2.45, 2.75) is 27.2 Å². The molecule has 31 heavy (non-hydrogen) atoms. The van der Waals surface area contributed by atoms with Crippen molar-refractivity contribution >= 4 is 29.2 Å². The zero-order valence-corrected chi connectivity index (χ0v) is 18.6. The van der Waals surface area contributed by atoms with Crippen LogP contribution in [0.15, 0.2) is 23.8 Å². The van der Waals surface area contributed by atoms with Crippen LogP contribution in [-0.2, 0) is 16.0 Å². The van der Waals surface area contributed by atoms with Gasteiger partial charge in [-0.1, -0.05) is 6.07 Å². The van der Waals surface area contributed by atoms with Gasteiger partial charge in [-0.2, -0.15) is 10.5 Å². The van der Waals surface area contributed by atoms with E-state index in [1.807, 2.05) is 19.1 Å². The molecule has 2 rings (SSSR count). The number of thiophene rings is 1. The Labute approximate surface area is 185 Å². The van der Waals surface area contributed by atoms with E-state index in [1.54, 1.807) is 32.0 Å². The normalized spacial score (nSPS) is 10.7. The summed E-state index contributed by atoms with van der Waals surface area (Å²) in [7, 11) is 1.53. The first-order valence-corrected chi connectivity index (χ1v) is 10.4. The number of Topliss-reactive ketones (excluding diaryl/α,β-unsaturated/α-hetero) is 1. The molecule has 0 radical (unpaired) electrons. The van der Waals surface area contributed by atoms with Crippen LogP contribution in [0.4, 0.5) is 0 Å². The predicted molar refractivity (Wildman–Crippen MR) is 116 cm³/mol. The third-order valence-electron chi connectivity index (χ3n) is 4.33. The molecule has 0 aliphatic rings. The van der Waals surface area contributed by atoms with Crippen molar-refractivity contribution in [3.8, 4) is 23.6 Å². The number of esters is 1. The van der Waals surface area contributed by atoms with Crippen LogP contribution in [0.25, 0.3) is 6.08 Å². The third-order valence-corrected chi connectivity index (χ3v) is 5.60. The molecule has 1 aromatic carbocycles. The molecule has 0 aliphatic heterocycles. The van der Waals surface area contributed by atoms with Crippen molar-refractivity contribution in [1.82, 2.24) is 0 Å². The van der Waals surface area contributed by atoms with Gasteiger partial charge in [0.15, 0.2) is 17.3 Å². The van der Waals surface area contributed by atoms with Gasteiger partial charge >= 0.3 is 5.97 Å². The Morgan fingerprint density at radius 1 is 1.16 bits per heavy atom. The SMILES string of the molecule is CCOC(=O)c1sc(CC(=O)/C(C#N)=C/c2ccc(OC)c(OCC)c2)c(C#N)c1C. The molecule has 0 bridgehead atoms. The smallest absolute Gasteiger partial charge is 0.348 e. The molecule has 0 aliphatic carbocycles. The first-order chi connectivity index (χ1) is 14.9. The zero-order valence-electron chi connectivity index (χ0n) is 17.8. The van der Waals surface area contributed by atoms with Crippen LogP contribution < -0.4 is 9.47 Å². The van der Waals surface area contributed by atoms with Crippen LogP contribution in [-0.4, -0.2) is 32.1 Å². The number of benzene rings is 1. The molecule has 0 amide bonds. The Bertz CT molecular complexity index is 1100. The molecular formula is C23H22N2O5S. The van der Waals surface area contributed by atoms with Crippen molar-refractivity contribution in [2.24, 2.45) is 0 Å². The highest BCUT2D eigenvalue weighted by molar-refractivity contribution is 7.14. The molecule has 8 heteroatoms. The standard InChI is InChI=1S/C23H22N2O5S/c1-5-29-20-10-15(7-8-19(20)28-4)9-16(12-24)18(26)11-21-17(13-25)14(3)22(31-21)23(27)30-6-2/h7-10H,5-6,11H2,1-4H3/b16-9+. The van der Waals surface area contributed by atoms with Crippen LogP contribution in [0.1, 0.15) is 45.1 Å². The Balaban J connectivity index is 2.35. The fraction of sp³-hybridized carbons (Fsp3) is 0.304. The maximum absolute atomic E-state index is 12.8. The van der Waals surface area contributed by atoms with E-state index in [2.05, 4.69) is 0 Å². The molecule has 0 unspecified atom stereocenters. The second-order valence-corrected chi connectivity index (χ2v) is 7.40. The molecule has 160 valence electrons. The fourth-order valence-corrected chi connectivity index (χ4v) is 4.02. The maximum atomic E-state index is 12.8. The highest BCUT2D eigenvalue weighted by Crippen LogP contribution is 2.31. The summed E-state index contributed by atoms with van der Waals surface area (Å²) in [5, 5.41) is 19.0. The Kier molecular flexibility index (Phi) is 8.36. The molecule has 0 spiro atoms. The van der Waals surface area contributed by atoms with Gasteiger partial charge in [0.25, 0.3) is 0 Å². The van der Waals surface area contributed by atoms with Gasteiger partial charge in [-0.3, -0.25) is 4.79 Å². The second kappa shape index (κ2) is 11.0. The molecule has 0 saturated carbocycles. The number of carbonyl (C=O) groups is 2. The summed E-state index contributed by atoms with van der Waals surface area (Å²) in [4.78, 5) is 25.6. The van der Waals surface area contributed by atoms with Gasteiger partial charge in [0.1, 0.15) is 17.0 Å². The summed E-state index contributed by atoms with van der Waals surface area (Å²) in [6, 6.07) is 9.05. The van der Waals surface area contributed by atoms with E-state index in [4.69, 9.17) is 14.2 Å². The second-order valence-electron chi connectivity index (χ2n) is 6.30. The van der Waals surface area contributed by atoms with Gasteiger partial charge in [-0.05, 0) is 50.1 Å². The molecule has 2 aromatic rings. The minimum absolute atomic E-state index is 0.0692. The Morgan fingerprint density at radius 2 is 1.90 bits per heavy atom. The van der Waals surface area contributed by atoms with Crippen LogP contribution >= 0.6 is 11.3 Å². The molecule has 0 atom stereocenters. The first kappa shape index (κ1) is 23.7. The minimum atomic E-state index is -0.530. The lowest BCUT2D eigenvalue weighted by atomic mass is 10.0. The number of carbonyl (C=O) groups excluding carboxylic acids is 2. The largest absolute Gasteiger partial charge is 0.493 e. The minimum Gasteiger partial charge on any atom is -0.493 e. The number of hydrogen-bond donors (Lipinski definition) is 0. The maximum Gasteiger partial charge on any atom is 0.348 e. The summed E-state index contributed by atoms with van der Waals surface area (Å²) in [6.07, 6.45) is 1.30. The average molecular weight is 439 g/mol. The average Bonchev–Trinajstić information content (AvgIpc) is 3.07. The fourth-order valence-electron chi connectivity index (χ4n) is 2.87. The van der Waals surface area contributed by atoms with Crippen molar-refractivity contribution in [1.29, 1.82) is 10.5 Å². The highest BCUT2D eigenvalue weighted by atomic mass is 32.1. The van der Waals surface area contributed by atoms with Crippen LogP contribution in [0.5, 0.6) is 11.5 Å². The topological polar surface area (TPSA) is 109 Å². The number of nitriles is 2. The molecule has 0 fully saturated rings. The van der Waals surface area contributed by atoms with E-state index in [0.717, 1.165) is 11.3 Å². The van der Waals surface area contributed by atoms with Crippen LogP contribution in [0.3, 0.4) is 0 Å². The number of methoxy groups -OCH3 is 1. The van der Waals surface area contributed by atoms with E-state index in [1.165, 1.54) is 13.2 Å². The third kappa shape index (κ3) is 5.50. The summed E-state index contributed by atoms with van der Waals surface area (Å²) in [5.41, 5.74) is 1.28. The predicted octanol–water partition coefficient (Wildman–Crippen LogP) is 4.23. The van der Waals surface area contributed by atoms with Crippen molar-refractivity contribution in [3.63, 3.8) is 0 Å². The van der Waals surface area contributed by atoms with Crippen molar-refractivity contribution < 1.29 is 23.8 Å². The molecule has 0 N–H and O–H groups in total. The van der Waals surface area contributed by atoms with Gasteiger partial charge in [-0.15, -0.1) is 11.3 Å². The van der Waals surface area contributed by atoms with E-state index in [9.17, 15) is 20.1 Å². The lowest BCUT2D eigenvalue weighted by molar-refractivity contribution is -0.114. The summed E-state index contributed by atoms with van der Waals surface area (Å²) in [5.74, 6) is 0.0636. The Morgan fingerprint density at radius 3 is 2.48 bits per heavy atom. The number of allylic oxidation sites excluding steroid dienone is 1. The van der Waals surface area contributed by atoms with Gasteiger partial charge < -0.3 is 14.2 Å². The Hall–Kier alpha value is -3.62. The summed E-state index contributed by atoms with van der Waals surface area (Å²) < 4.78 is 15.8. The van der Waals surface area contributed by atoms with Crippen LogP contribution in [0, 0.1) is 29.6 Å². The van der Waals surface area contributed by atoms with E-state index < -0.39 is 11.8 Å². The molecule has 7 nitrogen and oxygen atoms in total. The van der Waals surface area contributed by atoms with Gasteiger partial charge in [0.05, 0.1) is 31.5 Å². The van der Waals surface area contributed by atoms with Gasteiger partial charge in [0, 0.05) is 11.3 Å². The molecule has 0 saturated heterocycles. The summed E-state index contributed by atoms with van der Waals surface area (Å²) >= 11 is 1.04. The quantitative estimate of drug-likeness (QED) is 0.327. The lowest BCUT2D eigenvalue weighted by Crippen LogP contribution is -2.05. The number of ketones is 1. The highest BCUT2D eigenvalue weighted by Gasteiger charge is 2.23. The zero-order chi connectivity index (χ0) is 23.0. The monoisotopic (exact) mass is 438 g/mol. The first-order valence-electron chi connectivity index (χ1n) is 9.55. The number of nitrogens with zero attached hydrogens (tertiary/aromatic N) is 2.